The number of rotatable bonds is 2. The summed E-state index contributed by atoms with van der Waals surface area (Å²) in [5.74, 6) is -0.498. The standard InChI is InChI=1S/C14H17NO2/c1-7(2)12-9(4)15-13-10(12)5-8(3)6-11(13)14(16)17/h5-7,15H,1-4H3,(H,16,17). The number of fused-ring (bicyclic) bond motifs is 1. The number of carboxylic acid groups (broad SMARTS) is 1. The van der Waals surface area contributed by atoms with Crippen molar-refractivity contribution in [2.24, 2.45) is 0 Å². The van der Waals surface area contributed by atoms with Gasteiger partial charge in [0.2, 0.25) is 0 Å². The number of aryl methyl sites for hydroxylation is 2. The van der Waals surface area contributed by atoms with Gasteiger partial charge < -0.3 is 10.1 Å². The molecule has 0 unspecified atom stereocenters. The molecule has 2 rings (SSSR count). The Kier molecular flexibility index (Phi) is 2.69. The number of hydrogen-bond acceptors (Lipinski definition) is 1. The van der Waals surface area contributed by atoms with Crippen LogP contribution in [-0.2, 0) is 0 Å². The number of carbonyl (C=O) groups is 1. The summed E-state index contributed by atoms with van der Waals surface area (Å²) in [5.41, 5.74) is 4.35. The molecule has 0 atom stereocenters. The topological polar surface area (TPSA) is 53.1 Å². The molecule has 2 N–H and O–H groups in total. The molecule has 0 aliphatic heterocycles. The zero-order valence-corrected chi connectivity index (χ0v) is 10.6. The molecule has 0 spiro atoms. The summed E-state index contributed by atoms with van der Waals surface area (Å²) in [6.45, 7) is 8.17. The number of aromatic nitrogens is 1. The van der Waals surface area contributed by atoms with Crippen LogP contribution in [0.3, 0.4) is 0 Å². The van der Waals surface area contributed by atoms with E-state index in [9.17, 15) is 9.90 Å². The molecule has 0 radical (unpaired) electrons. The van der Waals surface area contributed by atoms with Crippen LogP contribution < -0.4 is 0 Å². The third-order valence-corrected chi connectivity index (χ3v) is 3.10. The highest BCUT2D eigenvalue weighted by Crippen LogP contribution is 2.31. The molecular weight excluding hydrogens is 214 g/mol. The Hall–Kier alpha value is -1.77. The van der Waals surface area contributed by atoms with Crippen molar-refractivity contribution in [3.63, 3.8) is 0 Å². The van der Waals surface area contributed by atoms with E-state index in [2.05, 4.69) is 24.9 Å². The highest BCUT2D eigenvalue weighted by molar-refractivity contribution is 6.04. The van der Waals surface area contributed by atoms with E-state index in [1.54, 1.807) is 6.07 Å². The van der Waals surface area contributed by atoms with Crippen LogP contribution in [0.1, 0.15) is 46.9 Å². The number of benzene rings is 1. The molecule has 90 valence electrons. The van der Waals surface area contributed by atoms with Crippen molar-refractivity contribution in [3.05, 3.63) is 34.5 Å². The van der Waals surface area contributed by atoms with Crippen LogP contribution >= 0.6 is 0 Å². The maximum atomic E-state index is 11.2. The van der Waals surface area contributed by atoms with Gasteiger partial charge in [0.1, 0.15) is 0 Å². The molecule has 1 aromatic heterocycles. The molecule has 3 nitrogen and oxygen atoms in total. The van der Waals surface area contributed by atoms with Gasteiger partial charge in [-0.1, -0.05) is 13.8 Å². The number of aromatic carboxylic acids is 1. The molecule has 1 heterocycles. The fraction of sp³-hybridized carbons (Fsp3) is 0.357. The number of carboxylic acids is 1. The van der Waals surface area contributed by atoms with Gasteiger partial charge in [-0.2, -0.15) is 0 Å². The molecule has 3 heteroatoms. The minimum atomic E-state index is -0.879. The van der Waals surface area contributed by atoms with Gasteiger partial charge in [0.25, 0.3) is 0 Å². The molecular formula is C14H17NO2. The predicted molar refractivity (Wildman–Crippen MR) is 68.8 cm³/mol. The fourth-order valence-corrected chi connectivity index (χ4v) is 2.50. The molecule has 2 aromatic rings. The number of hydrogen-bond donors (Lipinski definition) is 2. The summed E-state index contributed by atoms with van der Waals surface area (Å²) in [6.07, 6.45) is 0. The van der Waals surface area contributed by atoms with Gasteiger partial charge in [0.15, 0.2) is 0 Å². The second-order valence-corrected chi connectivity index (χ2v) is 4.86. The molecule has 0 bridgehead atoms. The van der Waals surface area contributed by atoms with Crippen LogP contribution in [0.25, 0.3) is 10.9 Å². The monoisotopic (exact) mass is 231 g/mol. The lowest BCUT2D eigenvalue weighted by atomic mass is 9.97. The van der Waals surface area contributed by atoms with Gasteiger partial charge in [-0.15, -0.1) is 0 Å². The van der Waals surface area contributed by atoms with Crippen LogP contribution in [-0.4, -0.2) is 16.1 Å². The van der Waals surface area contributed by atoms with Crippen molar-refractivity contribution in [2.45, 2.75) is 33.6 Å². The molecule has 1 aromatic carbocycles. The smallest absolute Gasteiger partial charge is 0.337 e. The maximum Gasteiger partial charge on any atom is 0.337 e. The summed E-state index contributed by atoms with van der Waals surface area (Å²) in [5, 5.41) is 10.3. The van der Waals surface area contributed by atoms with Crippen molar-refractivity contribution in [1.82, 2.24) is 4.98 Å². The van der Waals surface area contributed by atoms with Gasteiger partial charge in [-0.25, -0.2) is 4.79 Å². The van der Waals surface area contributed by atoms with E-state index < -0.39 is 5.97 Å². The molecule has 17 heavy (non-hydrogen) atoms. The molecule has 0 saturated heterocycles. The van der Waals surface area contributed by atoms with E-state index in [0.29, 0.717) is 11.5 Å². The van der Waals surface area contributed by atoms with Crippen molar-refractivity contribution in [1.29, 1.82) is 0 Å². The van der Waals surface area contributed by atoms with E-state index in [4.69, 9.17) is 0 Å². The Morgan fingerprint density at radius 2 is 1.94 bits per heavy atom. The van der Waals surface area contributed by atoms with Crippen molar-refractivity contribution >= 4 is 16.9 Å². The Morgan fingerprint density at radius 3 is 2.47 bits per heavy atom. The van der Waals surface area contributed by atoms with E-state index >= 15 is 0 Å². The average Bonchev–Trinajstić information content (AvgIpc) is 2.52. The molecule has 0 aliphatic rings. The van der Waals surface area contributed by atoms with E-state index in [1.165, 1.54) is 5.56 Å². The zero-order valence-electron chi connectivity index (χ0n) is 10.6. The molecule has 0 aliphatic carbocycles. The quantitative estimate of drug-likeness (QED) is 0.829. The predicted octanol–water partition coefficient (Wildman–Crippen LogP) is 3.61. The number of nitrogens with one attached hydrogen (secondary N) is 1. The fourth-order valence-electron chi connectivity index (χ4n) is 2.50. The van der Waals surface area contributed by atoms with Crippen molar-refractivity contribution in [2.75, 3.05) is 0 Å². The van der Waals surface area contributed by atoms with Crippen LogP contribution in [0.15, 0.2) is 12.1 Å². The first-order chi connectivity index (χ1) is 7.91. The highest BCUT2D eigenvalue weighted by atomic mass is 16.4. The normalized spacial score (nSPS) is 11.4. The van der Waals surface area contributed by atoms with Crippen LogP contribution in [0.2, 0.25) is 0 Å². The van der Waals surface area contributed by atoms with Gasteiger partial charge in [0.05, 0.1) is 11.1 Å². The van der Waals surface area contributed by atoms with E-state index in [1.807, 2.05) is 13.8 Å². The summed E-state index contributed by atoms with van der Waals surface area (Å²) in [6, 6.07) is 3.77. The van der Waals surface area contributed by atoms with Gasteiger partial charge in [0, 0.05) is 11.1 Å². The maximum absolute atomic E-state index is 11.2. The summed E-state index contributed by atoms with van der Waals surface area (Å²) in [7, 11) is 0. The second kappa shape index (κ2) is 3.91. The Balaban J connectivity index is 2.89. The first-order valence-corrected chi connectivity index (χ1v) is 5.78. The lowest BCUT2D eigenvalue weighted by molar-refractivity contribution is 0.0698. The Bertz CT molecular complexity index is 594. The number of aromatic amines is 1. The Morgan fingerprint density at radius 1 is 1.29 bits per heavy atom. The van der Waals surface area contributed by atoms with E-state index in [-0.39, 0.29) is 0 Å². The lowest BCUT2D eigenvalue weighted by Crippen LogP contribution is -1.98. The van der Waals surface area contributed by atoms with E-state index in [0.717, 1.165) is 22.2 Å². The van der Waals surface area contributed by atoms with Gasteiger partial charge >= 0.3 is 5.97 Å². The second-order valence-electron chi connectivity index (χ2n) is 4.86. The summed E-state index contributed by atoms with van der Waals surface area (Å²) < 4.78 is 0. The molecule has 0 fully saturated rings. The first-order valence-electron chi connectivity index (χ1n) is 5.78. The minimum Gasteiger partial charge on any atom is -0.478 e. The van der Waals surface area contributed by atoms with Crippen molar-refractivity contribution in [3.8, 4) is 0 Å². The van der Waals surface area contributed by atoms with Gasteiger partial charge in [-0.3, -0.25) is 0 Å². The van der Waals surface area contributed by atoms with Crippen LogP contribution in [0, 0.1) is 13.8 Å². The molecule has 0 amide bonds. The lowest BCUT2D eigenvalue weighted by Gasteiger charge is -2.06. The third kappa shape index (κ3) is 1.82. The third-order valence-electron chi connectivity index (χ3n) is 3.10. The minimum absolute atomic E-state index is 0.356. The summed E-state index contributed by atoms with van der Waals surface area (Å²) >= 11 is 0. The average molecular weight is 231 g/mol. The zero-order chi connectivity index (χ0) is 12.7. The number of H-pyrrole nitrogens is 1. The largest absolute Gasteiger partial charge is 0.478 e. The SMILES string of the molecule is Cc1cc(C(=O)O)c2[nH]c(C)c(C(C)C)c2c1. The highest BCUT2D eigenvalue weighted by Gasteiger charge is 2.17. The Labute approximate surface area is 100 Å². The van der Waals surface area contributed by atoms with Crippen LogP contribution in [0.5, 0.6) is 0 Å². The van der Waals surface area contributed by atoms with Crippen molar-refractivity contribution < 1.29 is 9.90 Å². The van der Waals surface area contributed by atoms with Crippen LogP contribution in [0.4, 0.5) is 0 Å². The van der Waals surface area contributed by atoms with Gasteiger partial charge in [-0.05, 0) is 43.0 Å². The summed E-state index contributed by atoms with van der Waals surface area (Å²) in [4.78, 5) is 14.4. The first kappa shape index (κ1) is 11.7. The molecule has 0 saturated carbocycles.